The molecule has 1 aliphatic rings. The number of rotatable bonds is 2. The van der Waals surface area contributed by atoms with E-state index < -0.39 is 0 Å². The Bertz CT molecular complexity index is 571. The number of fused-ring (bicyclic) bond motifs is 3. The van der Waals surface area contributed by atoms with Gasteiger partial charge in [0.15, 0.2) is 0 Å². The van der Waals surface area contributed by atoms with Gasteiger partial charge >= 0.3 is 0 Å². The van der Waals surface area contributed by atoms with Gasteiger partial charge in [-0.15, -0.1) is 0 Å². The molecule has 3 heteroatoms. The molecule has 0 fully saturated rings. The van der Waals surface area contributed by atoms with Crippen molar-refractivity contribution in [2.45, 2.75) is 26.8 Å². The third-order valence-electron chi connectivity index (χ3n) is 3.64. The lowest BCUT2D eigenvalue weighted by molar-refractivity contribution is 0.226. The highest BCUT2D eigenvalue weighted by atomic mass is 35.5. The highest BCUT2D eigenvalue weighted by molar-refractivity contribution is 6.31. The molecule has 0 amide bonds. The van der Waals surface area contributed by atoms with E-state index in [0.717, 1.165) is 30.5 Å². The molecule has 0 saturated heterocycles. The summed E-state index contributed by atoms with van der Waals surface area (Å²) in [5, 5.41) is 2.12. The third kappa shape index (κ3) is 2.15. The zero-order chi connectivity index (χ0) is 12.7. The SMILES string of the molecule is CC(C)CN1CCc2[nH]c3ccc(Cl)cc3c2C1. The average molecular weight is 263 g/mol. The first kappa shape index (κ1) is 12.1. The quantitative estimate of drug-likeness (QED) is 0.871. The summed E-state index contributed by atoms with van der Waals surface area (Å²) in [5.41, 5.74) is 4.06. The fourth-order valence-corrected chi connectivity index (χ4v) is 3.09. The molecule has 96 valence electrons. The van der Waals surface area contributed by atoms with Crippen LogP contribution >= 0.6 is 11.6 Å². The van der Waals surface area contributed by atoms with Crippen LogP contribution in [0.1, 0.15) is 25.1 Å². The molecule has 1 N–H and O–H groups in total. The van der Waals surface area contributed by atoms with Crippen LogP contribution in [-0.2, 0) is 13.0 Å². The maximum absolute atomic E-state index is 6.11. The molecular weight excluding hydrogens is 244 g/mol. The second-order valence-electron chi connectivity index (χ2n) is 5.65. The molecule has 0 unspecified atom stereocenters. The largest absolute Gasteiger partial charge is 0.358 e. The molecule has 1 aromatic carbocycles. The van der Waals surface area contributed by atoms with Crippen molar-refractivity contribution in [2.75, 3.05) is 13.1 Å². The molecular formula is C15H19ClN2. The second-order valence-corrected chi connectivity index (χ2v) is 6.09. The predicted molar refractivity (Wildman–Crippen MR) is 77.1 cm³/mol. The maximum atomic E-state index is 6.11. The lowest BCUT2D eigenvalue weighted by Crippen LogP contribution is -2.33. The van der Waals surface area contributed by atoms with Crippen LogP contribution in [0.25, 0.3) is 10.9 Å². The minimum atomic E-state index is 0.723. The number of benzene rings is 1. The Morgan fingerprint density at radius 2 is 2.22 bits per heavy atom. The van der Waals surface area contributed by atoms with E-state index in [1.54, 1.807) is 0 Å². The standard InChI is InChI=1S/C15H19ClN2/c1-10(2)8-18-6-5-15-13(9-18)12-7-11(16)3-4-14(12)17-15/h3-4,7,10,17H,5-6,8-9H2,1-2H3. The minimum Gasteiger partial charge on any atom is -0.358 e. The maximum Gasteiger partial charge on any atom is 0.0460 e. The average Bonchev–Trinajstić information content (AvgIpc) is 2.66. The summed E-state index contributed by atoms with van der Waals surface area (Å²) >= 11 is 6.11. The van der Waals surface area contributed by atoms with Gasteiger partial charge in [-0.1, -0.05) is 25.4 Å². The summed E-state index contributed by atoms with van der Waals surface area (Å²) in [4.78, 5) is 6.07. The molecule has 2 aromatic rings. The van der Waals surface area contributed by atoms with Gasteiger partial charge in [-0.05, 0) is 29.7 Å². The van der Waals surface area contributed by atoms with Crippen LogP contribution in [-0.4, -0.2) is 23.0 Å². The van der Waals surface area contributed by atoms with Crippen LogP contribution in [0, 0.1) is 5.92 Å². The van der Waals surface area contributed by atoms with Crippen LogP contribution in [0.5, 0.6) is 0 Å². The Kier molecular flexibility index (Phi) is 3.08. The van der Waals surface area contributed by atoms with E-state index in [1.807, 2.05) is 6.07 Å². The zero-order valence-electron chi connectivity index (χ0n) is 11.0. The van der Waals surface area contributed by atoms with Gasteiger partial charge in [0.25, 0.3) is 0 Å². The number of halogens is 1. The van der Waals surface area contributed by atoms with Crippen molar-refractivity contribution >= 4 is 22.5 Å². The molecule has 18 heavy (non-hydrogen) atoms. The van der Waals surface area contributed by atoms with Gasteiger partial charge in [0.2, 0.25) is 0 Å². The first-order chi connectivity index (χ1) is 8.63. The topological polar surface area (TPSA) is 19.0 Å². The van der Waals surface area contributed by atoms with Gasteiger partial charge in [0.05, 0.1) is 0 Å². The summed E-state index contributed by atoms with van der Waals surface area (Å²) in [6, 6.07) is 6.13. The Balaban J connectivity index is 1.98. The van der Waals surface area contributed by atoms with Crippen molar-refractivity contribution in [2.24, 2.45) is 5.92 Å². The van der Waals surface area contributed by atoms with Gasteiger partial charge in [-0.25, -0.2) is 0 Å². The molecule has 0 radical (unpaired) electrons. The Hall–Kier alpha value is -0.990. The van der Waals surface area contributed by atoms with Gasteiger partial charge in [-0.3, -0.25) is 4.90 Å². The summed E-state index contributed by atoms with van der Waals surface area (Å²) < 4.78 is 0. The molecule has 1 aromatic heterocycles. The van der Waals surface area contributed by atoms with Crippen molar-refractivity contribution in [3.05, 3.63) is 34.5 Å². The third-order valence-corrected chi connectivity index (χ3v) is 3.87. The zero-order valence-corrected chi connectivity index (χ0v) is 11.7. The van der Waals surface area contributed by atoms with Crippen LogP contribution in [0.2, 0.25) is 5.02 Å². The molecule has 2 nitrogen and oxygen atoms in total. The number of aromatic amines is 1. The normalized spacial score (nSPS) is 16.4. The molecule has 3 rings (SSSR count). The molecule has 2 heterocycles. The number of aromatic nitrogens is 1. The number of nitrogens with one attached hydrogen (secondary N) is 1. The van der Waals surface area contributed by atoms with Crippen molar-refractivity contribution in [3.63, 3.8) is 0 Å². The number of H-pyrrole nitrogens is 1. The summed E-state index contributed by atoms with van der Waals surface area (Å²) in [6.07, 6.45) is 1.12. The second kappa shape index (κ2) is 4.60. The smallest absolute Gasteiger partial charge is 0.0460 e. The van der Waals surface area contributed by atoms with Crippen molar-refractivity contribution in [1.29, 1.82) is 0 Å². The fraction of sp³-hybridized carbons (Fsp3) is 0.467. The highest BCUT2D eigenvalue weighted by Crippen LogP contribution is 2.29. The van der Waals surface area contributed by atoms with Crippen LogP contribution < -0.4 is 0 Å². The lowest BCUT2D eigenvalue weighted by atomic mass is 10.0. The van der Waals surface area contributed by atoms with E-state index in [-0.39, 0.29) is 0 Å². The van der Waals surface area contributed by atoms with Gasteiger partial charge in [0.1, 0.15) is 0 Å². The fourth-order valence-electron chi connectivity index (χ4n) is 2.91. The summed E-state index contributed by atoms with van der Waals surface area (Å²) in [5.74, 6) is 0.723. The van der Waals surface area contributed by atoms with E-state index in [2.05, 4.69) is 35.9 Å². The van der Waals surface area contributed by atoms with Crippen molar-refractivity contribution < 1.29 is 0 Å². The molecule has 0 aliphatic carbocycles. The molecule has 0 spiro atoms. The lowest BCUT2D eigenvalue weighted by Gasteiger charge is -2.28. The van der Waals surface area contributed by atoms with E-state index in [0.29, 0.717) is 0 Å². The molecule has 0 bridgehead atoms. The van der Waals surface area contributed by atoms with E-state index in [9.17, 15) is 0 Å². The number of nitrogens with zero attached hydrogens (tertiary/aromatic N) is 1. The van der Waals surface area contributed by atoms with Gasteiger partial charge < -0.3 is 4.98 Å². The van der Waals surface area contributed by atoms with Crippen LogP contribution in [0.4, 0.5) is 0 Å². The first-order valence-electron chi connectivity index (χ1n) is 6.65. The first-order valence-corrected chi connectivity index (χ1v) is 7.02. The Morgan fingerprint density at radius 1 is 1.39 bits per heavy atom. The number of hydrogen-bond donors (Lipinski definition) is 1. The molecule has 0 atom stereocenters. The van der Waals surface area contributed by atoms with E-state index in [4.69, 9.17) is 11.6 Å². The highest BCUT2D eigenvalue weighted by Gasteiger charge is 2.20. The number of hydrogen-bond acceptors (Lipinski definition) is 1. The van der Waals surface area contributed by atoms with Crippen molar-refractivity contribution in [3.8, 4) is 0 Å². The van der Waals surface area contributed by atoms with Gasteiger partial charge in [0, 0.05) is 47.7 Å². The van der Waals surface area contributed by atoms with Crippen molar-refractivity contribution in [1.82, 2.24) is 9.88 Å². The molecule has 0 saturated carbocycles. The minimum absolute atomic E-state index is 0.723. The Labute approximate surface area is 113 Å². The van der Waals surface area contributed by atoms with Crippen LogP contribution in [0.3, 0.4) is 0 Å². The predicted octanol–water partition coefficient (Wildman–Crippen LogP) is 3.84. The monoisotopic (exact) mass is 262 g/mol. The van der Waals surface area contributed by atoms with Crippen LogP contribution in [0.15, 0.2) is 18.2 Å². The van der Waals surface area contributed by atoms with Gasteiger partial charge in [-0.2, -0.15) is 0 Å². The summed E-state index contributed by atoms with van der Waals surface area (Å²) in [7, 11) is 0. The van der Waals surface area contributed by atoms with E-state index in [1.165, 1.54) is 28.7 Å². The molecule has 1 aliphatic heterocycles. The summed E-state index contributed by atoms with van der Waals surface area (Å²) in [6.45, 7) is 7.94. The van der Waals surface area contributed by atoms with E-state index >= 15 is 0 Å². The Morgan fingerprint density at radius 3 is 3.00 bits per heavy atom.